The Balaban J connectivity index is 1.63. The summed E-state index contributed by atoms with van der Waals surface area (Å²) in [5.41, 5.74) is -0.0946. The Morgan fingerprint density at radius 1 is 1.24 bits per heavy atom. The zero-order valence-electron chi connectivity index (χ0n) is 19.5. The predicted molar refractivity (Wildman–Crippen MR) is 125 cm³/mol. The predicted octanol–water partition coefficient (Wildman–Crippen LogP) is 5.24. The summed E-state index contributed by atoms with van der Waals surface area (Å²) in [6, 6.07) is 0.755. The maximum atomic E-state index is 14.5. The van der Waals surface area contributed by atoms with Gasteiger partial charge in [0.05, 0.1) is 23.3 Å². The first-order valence-corrected chi connectivity index (χ1v) is 13.2. The number of pyridine rings is 1. The number of aliphatic hydroxyl groups excluding tert-OH is 2. The third-order valence-corrected chi connectivity index (χ3v) is 7.16. The summed E-state index contributed by atoms with van der Waals surface area (Å²) in [5.74, 6) is -2.13. The van der Waals surface area contributed by atoms with Crippen LogP contribution in [-0.2, 0) is 14.3 Å². The quantitative estimate of drug-likeness (QED) is 0.194. The highest BCUT2D eigenvalue weighted by molar-refractivity contribution is 8.45. The van der Waals surface area contributed by atoms with Crippen molar-refractivity contribution in [1.29, 1.82) is 0 Å². The number of aliphatic hydroxyl groups is 2. The third kappa shape index (κ3) is 5.63. The van der Waals surface area contributed by atoms with Crippen LogP contribution in [0.4, 0.5) is 29.5 Å². The maximum Gasteiger partial charge on any atom is 0.310 e. The van der Waals surface area contributed by atoms with Crippen molar-refractivity contribution < 1.29 is 48.3 Å². The second-order valence-electron chi connectivity index (χ2n) is 8.69. The highest BCUT2D eigenvalue weighted by Gasteiger charge is 2.65. The number of anilines is 1. The van der Waals surface area contributed by atoms with Crippen LogP contribution in [0, 0.1) is 5.82 Å². The van der Waals surface area contributed by atoms with Crippen LogP contribution in [0.5, 0.6) is 0 Å². The molecule has 0 spiro atoms. The normalized spacial score (nSPS) is 24.6. The summed E-state index contributed by atoms with van der Waals surface area (Å²) in [4.78, 5) is 12.9. The summed E-state index contributed by atoms with van der Waals surface area (Å²) in [7, 11) is -10.1. The molecule has 1 aromatic carbocycles. The molecule has 0 aliphatic carbocycles. The molecular formula is C21H21ClF6N4O5S. The molecule has 210 valence electrons. The van der Waals surface area contributed by atoms with Crippen molar-refractivity contribution in [1.82, 2.24) is 14.8 Å². The topological polar surface area (TPSA) is 119 Å². The van der Waals surface area contributed by atoms with Gasteiger partial charge in [0.15, 0.2) is 11.9 Å². The van der Waals surface area contributed by atoms with E-state index in [1.54, 1.807) is 0 Å². The van der Waals surface area contributed by atoms with E-state index < -0.39 is 57.5 Å². The van der Waals surface area contributed by atoms with Crippen molar-refractivity contribution in [2.75, 3.05) is 11.9 Å². The minimum absolute atomic E-state index is 0.0494. The number of halogens is 7. The van der Waals surface area contributed by atoms with Gasteiger partial charge in [0.25, 0.3) is 0 Å². The molecule has 3 N–H and O–H groups in total. The molecule has 9 nitrogen and oxygen atoms in total. The molecular weight excluding hydrogens is 570 g/mol. The maximum absolute atomic E-state index is 14.5. The van der Waals surface area contributed by atoms with Crippen molar-refractivity contribution >= 4 is 44.5 Å². The first-order chi connectivity index (χ1) is 17.4. The molecule has 2 aromatic heterocycles. The Labute approximate surface area is 216 Å². The van der Waals surface area contributed by atoms with E-state index in [0.717, 1.165) is 11.6 Å². The zero-order valence-corrected chi connectivity index (χ0v) is 21.1. The molecule has 0 unspecified atom stereocenters. The summed E-state index contributed by atoms with van der Waals surface area (Å²) < 4.78 is 91.2. The Bertz CT molecular complexity index is 1410. The highest BCUT2D eigenvalue weighted by Crippen LogP contribution is 3.02. The van der Waals surface area contributed by atoms with E-state index in [4.69, 9.17) is 21.1 Å². The standard InChI is InChI=1S/C21H21ClF6N4O5S/c1-9(12-4-3-11(5-14(12)23)38(24,25,26,27)28)30-15-6-17(22)31-20-13(15)7-29-32(20)21-19(35)18(34)16(37-21)8-36-10(2)33/h3-7,9,16,18-19,21,34-35H,8H2,1-2H3,(H,30,31)/t9-,16+,18-,19+,21+/m0/s1. The molecule has 1 fully saturated rings. The van der Waals surface area contributed by atoms with Crippen LogP contribution in [0.1, 0.15) is 31.7 Å². The van der Waals surface area contributed by atoms with Gasteiger partial charge in [-0.2, -0.15) is 5.10 Å². The average Bonchev–Trinajstić information content (AvgIpc) is 3.31. The monoisotopic (exact) mass is 590 g/mol. The molecule has 3 heterocycles. The lowest BCUT2D eigenvalue weighted by molar-refractivity contribution is -0.147. The van der Waals surface area contributed by atoms with Crippen molar-refractivity contribution in [2.24, 2.45) is 0 Å². The van der Waals surface area contributed by atoms with Gasteiger partial charge >= 0.3 is 16.2 Å². The van der Waals surface area contributed by atoms with E-state index in [-0.39, 0.29) is 46.2 Å². The summed E-state index contributed by atoms with van der Waals surface area (Å²) in [5, 5.41) is 27.9. The molecule has 3 aromatic rings. The van der Waals surface area contributed by atoms with Gasteiger partial charge in [-0.15, -0.1) is 0 Å². The molecule has 17 heteroatoms. The van der Waals surface area contributed by atoms with Crippen molar-refractivity contribution in [3.8, 4) is 0 Å². The lowest BCUT2D eigenvalue weighted by Gasteiger charge is -2.40. The van der Waals surface area contributed by atoms with Gasteiger partial charge in [0.1, 0.15) is 40.8 Å². The Morgan fingerprint density at radius 3 is 2.53 bits per heavy atom. The summed E-state index contributed by atoms with van der Waals surface area (Å²) in [6.45, 7) is 2.20. The Morgan fingerprint density at radius 2 is 1.92 bits per heavy atom. The third-order valence-electron chi connectivity index (χ3n) is 5.82. The number of esters is 1. The fraction of sp³-hybridized carbons (Fsp3) is 0.381. The smallest absolute Gasteiger partial charge is 0.310 e. The van der Waals surface area contributed by atoms with E-state index in [9.17, 15) is 38.8 Å². The average molecular weight is 591 g/mol. The second kappa shape index (κ2) is 8.87. The van der Waals surface area contributed by atoms with Crippen molar-refractivity contribution in [3.05, 3.63) is 47.0 Å². The van der Waals surface area contributed by atoms with Gasteiger partial charge in [-0.05, 0) is 25.1 Å². The number of fused-ring (bicyclic) bond motifs is 1. The van der Waals surface area contributed by atoms with Crippen LogP contribution in [0.3, 0.4) is 0 Å². The molecule has 5 atom stereocenters. The van der Waals surface area contributed by atoms with E-state index in [0.29, 0.717) is 6.07 Å². The number of nitrogens with zero attached hydrogens (tertiary/aromatic N) is 3. The fourth-order valence-corrected chi connectivity index (χ4v) is 4.81. The zero-order chi connectivity index (χ0) is 28.3. The first-order valence-electron chi connectivity index (χ1n) is 10.8. The molecule has 0 saturated carbocycles. The largest absolute Gasteiger partial charge is 0.463 e. The second-order valence-corrected chi connectivity index (χ2v) is 11.5. The molecule has 38 heavy (non-hydrogen) atoms. The number of aromatic nitrogens is 3. The minimum atomic E-state index is -10.1. The molecule has 0 bridgehead atoms. The van der Waals surface area contributed by atoms with Gasteiger partial charge < -0.3 is 25.0 Å². The number of carbonyl (C=O) groups excluding carboxylic acids is 1. The number of nitrogens with one attached hydrogen (secondary N) is 1. The van der Waals surface area contributed by atoms with Crippen LogP contribution in [0.25, 0.3) is 11.0 Å². The van der Waals surface area contributed by atoms with Gasteiger partial charge in [-0.1, -0.05) is 37.1 Å². The molecule has 1 saturated heterocycles. The van der Waals surface area contributed by atoms with E-state index in [2.05, 4.69) is 15.4 Å². The number of ether oxygens (including phenoxy) is 2. The van der Waals surface area contributed by atoms with Crippen LogP contribution in [-0.4, -0.2) is 55.9 Å². The molecule has 0 radical (unpaired) electrons. The van der Waals surface area contributed by atoms with Crippen LogP contribution >= 0.6 is 21.8 Å². The van der Waals surface area contributed by atoms with Gasteiger partial charge in [0, 0.05) is 12.5 Å². The molecule has 1 aliphatic heterocycles. The van der Waals surface area contributed by atoms with Gasteiger partial charge in [-0.3, -0.25) is 4.79 Å². The van der Waals surface area contributed by atoms with E-state index >= 15 is 0 Å². The van der Waals surface area contributed by atoms with Crippen LogP contribution < -0.4 is 5.32 Å². The number of benzene rings is 1. The molecule has 1 aliphatic rings. The van der Waals surface area contributed by atoms with Crippen LogP contribution in [0.15, 0.2) is 35.4 Å². The van der Waals surface area contributed by atoms with E-state index in [1.807, 2.05) is 0 Å². The van der Waals surface area contributed by atoms with Crippen molar-refractivity contribution in [2.45, 2.75) is 49.3 Å². The number of hydrogen-bond donors (Lipinski definition) is 3. The summed E-state index contributed by atoms with van der Waals surface area (Å²) in [6.07, 6.45) is -4.00. The van der Waals surface area contributed by atoms with Gasteiger partial charge in [0.2, 0.25) is 0 Å². The van der Waals surface area contributed by atoms with Crippen LogP contribution in [0.2, 0.25) is 5.15 Å². The van der Waals surface area contributed by atoms with E-state index in [1.165, 1.54) is 19.2 Å². The minimum Gasteiger partial charge on any atom is -0.463 e. The molecule has 0 amide bonds. The molecule has 4 rings (SSSR count). The lowest BCUT2D eigenvalue weighted by Crippen LogP contribution is -2.34. The Kier molecular flexibility index (Phi) is 6.59. The lowest BCUT2D eigenvalue weighted by atomic mass is 10.1. The van der Waals surface area contributed by atoms with Gasteiger partial charge in [-0.25, -0.2) is 14.1 Å². The number of hydrogen-bond acceptors (Lipinski definition) is 8. The number of rotatable bonds is 7. The number of carbonyl (C=O) groups is 1. The highest BCUT2D eigenvalue weighted by atomic mass is 35.5. The fourth-order valence-electron chi connectivity index (χ4n) is 3.97. The first kappa shape index (κ1) is 28.2. The SMILES string of the molecule is CC(=O)OC[C@H]1O[C@@H](n2ncc3c(N[C@@H](C)c4ccc(S(F)(F)(F)(F)F)cc4F)cc(Cl)nc32)[C@H](O)[C@H]1O. The summed E-state index contributed by atoms with van der Waals surface area (Å²) >= 11 is 6.12. The Hall–Kier alpha value is -2.79. The van der Waals surface area contributed by atoms with Crippen molar-refractivity contribution in [3.63, 3.8) is 0 Å².